The summed E-state index contributed by atoms with van der Waals surface area (Å²) in [4.78, 5) is 17.5. The molecule has 0 bridgehead atoms. The number of nitrogens with zero attached hydrogens (tertiary/aromatic N) is 2. The van der Waals surface area contributed by atoms with Crippen molar-refractivity contribution in [1.82, 2.24) is 10.4 Å². The van der Waals surface area contributed by atoms with E-state index in [1.807, 2.05) is 55.5 Å². The molecule has 0 spiro atoms. The number of aryl methyl sites for hydroxylation is 1. The van der Waals surface area contributed by atoms with E-state index in [2.05, 4.69) is 10.5 Å². The lowest BCUT2D eigenvalue weighted by Crippen LogP contribution is -2.18. The Morgan fingerprint density at radius 1 is 1.11 bits per heavy atom. The summed E-state index contributed by atoms with van der Waals surface area (Å²) in [5.41, 5.74) is 7.52. The number of furan rings is 1. The third kappa shape index (κ3) is 3.62. The molecule has 0 atom stereocenters. The molecule has 1 N–H and O–H groups in total. The number of hydrogen-bond donors (Lipinski definition) is 1. The number of pyridine rings is 1. The van der Waals surface area contributed by atoms with E-state index in [4.69, 9.17) is 9.40 Å². The van der Waals surface area contributed by atoms with Gasteiger partial charge in [0.15, 0.2) is 0 Å². The van der Waals surface area contributed by atoms with Gasteiger partial charge in [0, 0.05) is 16.5 Å². The Morgan fingerprint density at radius 3 is 2.70 bits per heavy atom. The van der Waals surface area contributed by atoms with Gasteiger partial charge < -0.3 is 4.42 Å². The zero-order chi connectivity index (χ0) is 18.6. The molecule has 4 aromatic rings. The van der Waals surface area contributed by atoms with Gasteiger partial charge in [0.05, 0.1) is 35.5 Å². The first-order chi connectivity index (χ1) is 13.2. The van der Waals surface area contributed by atoms with Gasteiger partial charge in [-0.15, -0.1) is 0 Å². The Morgan fingerprint density at radius 2 is 1.93 bits per heavy atom. The standard InChI is InChI=1S/C22H17N3O2/c1-15-6-8-17(9-7-15)21-12-19(18-4-2-3-5-20(18)24-21)22(26)25-23-13-16-10-11-27-14-16/h2-14H,1H3,(H,25,26)/b23-13+. The molecule has 0 saturated heterocycles. The van der Waals surface area contributed by atoms with Crippen LogP contribution in [0, 0.1) is 6.92 Å². The lowest BCUT2D eigenvalue weighted by molar-refractivity contribution is 0.0956. The lowest BCUT2D eigenvalue weighted by atomic mass is 10.0. The maximum absolute atomic E-state index is 12.7. The molecule has 0 unspecified atom stereocenters. The molecule has 27 heavy (non-hydrogen) atoms. The number of hydrazone groups is 1. The minimum atomic E-state index is -0.290. The second-order valence-corrected chi connectivity index (χ2v) is 6.19. The molecule has 5 nitrogen and oxygen atoms in total. The van der Waals surface area contributed by atoms with Gasteiger partial charge >= 0.3 is 0 Å². The summed E-state index contributed by atoms with van der Waals surface area (Å²) in [6.45, 7) is 2.04. The topological polar surface area (TPSA) is 67.5 Å². The Balaban J connectivity index is 1.71. The van der Waals surface area contributed by atoms with Crippen molar-refractivity contribution in [2.45, 2.75) is 6.92 Å². The predicted octanol–water partition coefficient (Wildman–Crippen LogP) is 4.57. The fourth-order valence-corrected chi connectivity index (χ4v) is 2.81. The fourth-order valence-electron chi connectivity index (χ4n) is 2.81. The minimum absolute atomic E-state index is 0.290. The molecule has 0 radical (unpaired) electrons. The number of hydrogen-bond acceptors (Lipinski definition) is 4. The van der Waals surface area contributed by atoms with Crippen LogP contribution in [-0.2, 0) is 0 Å². The summed E-state index contributed by atoms with van der Waals surface area (Å²) in [6, 6.07) is 19.2. The largest absolute Gasteiger partial charge is 0.472 e. The molecule has 0 fully saturated rings. The number of carbonyl (C=O) groups excluding carboxylic acids is 1. The van der Waals surface area contributed by atoms with Crippen molar-refractivity contribution < 1.29 is 9.21 Å². The molecular formula is C22H17N3O2. The van der Waals surface area contributed by atoms with E-state index in [1.54, 1.807) is 24.7 Å². The van der Waals surface area contributed by atoms with E-state index in [1.165, 1.54) is 11.8 Å². The van der Waals surface area contributed by atoms with E-state index in [-0.39, 0.29) is 5.91 Å². The van der Waals surface area contributed by atoms with Gasteiger partial charge in [-0.1, -0.05) is 48.0 Å². The van der Waals surface area contributed by atoms with Crippen LogP contribution in [0.3, 0.4) is 0 Å². The van der Waals surface area contributed by atoms with Crippen LogP contribution in [0.4, 0.5) is 0 Å². The van der Waals surface area contributed by atoms with Crippen LogP contribution in [0.2, 0.25) is 0 Å². The van der Waals surface area contributed by atoms with Crippen LogP contribution in [0.15, 0.2) is 82.7 Å². The Kier molecular flexibility index (Phi) is 4.49. The zero-order valence-electron chi connectivity index (χ0n) is 14.7. The first-order valence-electron chi connectivity index (χ1n) is 8.53. The van der Waals surface area contributed by atoms with Gasteiger partial charge in [-0.05, 0) is 25.1 Å². The maximum Gasteiger partial charge on any atom is 0.272 e. The summed E-state index contributed by atoms with van der Waals surface area (Å²) in [5.74, 6) is -0.290. The fraction of sp³-hybridized carbons (Fsp3) is 0.0455. The van der Waals surface area contributed by atoms with Crippen molar-refractivity contribution >= 4 is 23.0 Å². The molecule has 2 heterocycles. The maximum atomic E-state index is 12.7. The monoisotopic (exact) mass is 355 g/mol. The Labute approximate surface area is 156 Å². The van der Waals surface area contributed by atoms with Crippen molar-refractivity contribution in [3.63, 3.8) is 0 Å². The minimum Gasteiger partial charge on any atom is -0.472 e. The van der Waals surface area contributed by atoms with E-state index in [0.29, 0.717) is 5.56 Å². The highest BCUT2D eigenvalue weighted by Crippen LogP contribution is 2.25. The molecule has 2 aromatic heterocycles. The predicted molar refractivity (Wildman–Crippen MR) is 106 cm³/mol. The highest BCUT2D eigenvalue weighted by atomic mass is 16.3. The number of nitrogens with one attached hydrogen (secondary N) is 1. The molecule has 1 amide bonds. The summed E-state index contributed by atoms with van der Waals surface area (Å²) < 4.78 is 4.98. The van der Waals surface area contributed by atoms with Crippen molar-refractivity contribution in [2.75, 3.05) is 0 Å². The number of fused-ring (bicyclic) bond motifs is 1. The molecule has 0 saturated carbocycles. The number of benzene rings is 2. The van der Waals surface area contributed by atoms with Gasteiger partial charge in [0.25, 0.3) is 5.91 Å². The quantitative estimate of drug-likeness (QED) is 0.431. The average Bonchev–Trinajstić information content (AvgIpc) is 3.21. The Bertz CT molecular complexity index is 1110. The third-order valence-corrected chi connectivity index (χ3v) is 4.23. The number of rotatable bonds is 4. The molecule has 132 valence electrons. The van der Waals surface area contributed by atoms with Crippen LogP contribution >= 0.6 is 0 Å². The Hall–Kier alpha value is -3.73. The summed E-state index contributed by atoms with van der Waals surface area (Å²) in [5, 5.41) is 4.79. The van der Waals surface area contributed by atoms with Crippen LogP contribution in [0.1, 0.15) is 21.5 Å². The highest BCUT2D eigenvalue weighted by molar-refractivity contribution is 6.07. The number of para-hydroxylation sites is 1. The van der Waals surface area contributed by atoms with E-state index >= 15 is 0 Å². The van der Waals surface area contributed by atoms with E-state index < -0.39 is 0 Å². The van der Waals surface area contributed by atoms with Gasteiger partial charge in [0.1, 0.15) is 0 Å². The summed E-state index contributed by atoms with van der Waals surface area (Å²) in [6.07, 6.45) is 4.63. The number of aromatic nitrogens is 1. The second kappa shape index (κ2) is 7.25. The van der Waals surface area contributed by atoms with Gasteiger partial charge in [-0.3, -0.25) is 4.79 Å². The first-order valence-corrected chi connectivity index (χ1v) is 8.53. The highest BCUT2D eigenvalue weighted by Gasteiger charge is 2.13. The van der Waals surface area contributed by atoms with Crippen molar-refractivity contribution in [3.05, 3.63) is 89.9 Å². The molecule has 4 rings (SSSR count). The van der Waals surface area contributed by atoms with Gasteiger partial charge in [-0.25, -0.2) is 10.4 Å². The normalized spacial score (nSPS) is 11.1. The van der Waals surface area contributed by atoms with Crippen molar-refractivity contribution in [2.24, 2.45) is 5.10 Å². The van der Waals surface area contributed by atoms with Crippen LogP contribution < -0.4 is 5.43 Å². The summed E-state index contributed by atoms with van der Waals surface area (Å²) in [7, 11) is 0. The van der Waals surface area contributed by atoms with E-state index in [9.17, 15) is 4.79 Å². The van der Waals surface area contributed by atoms with Crippen LogP contribution in [-0.4, -0.2) is 17.1 Å². The van der Waals surface area contributed by atoms with Gasteiger partial charge in [-0.2, -0.15) is 5.10 Å². The SMILES string of the molecule is Cc1ccc(-c2cc(C(=O)N/N=C/c3ccoc3)c3ccccc3n2)cc1. The van der Waals surface area contributed by atoms with Crippen LogP contribution in [0.25, 0.3) is 22.2 Å². The number of carbonyl (C=O) groups is 1. The van der Waals surface area contributed by atoms with Crippen molar-refractivity contribution in [3.8, 4) is 11.3 Å². The number of amides is 1. The van der Waals surface area contributed by atoms with Crippen molar-refractivity contribution in [1.29, 1.82) is 0 Å². The summed E-state index contributed by atoms with van der Waals surface area (Å²) >= 11 is 0. The lowest BCUT2D eigenvalue weighted by Gasteiger charge is -2.09. The first kappa shape index (κ1) is 16.7. The third-order valence-electron chi connectivity index (χ3n) is 4.23. The van der Waals surface area contributed by atoms with E-state index in [0.717, 1.165) is 27.7 Å². The average molecular weight is 355 g/mol. The molecule has 5 heteroatoms. The smallest absolute Gasteiger partial charge is 0.272 e. The van der Waals surface area contributed by atoms with Gasteiger partial charge in [0.2, 0.25) is 0 Å². The zero-order valence-corrected chi connectivity index (χ0v) is 14.7. The molecule has 0 aliphatic carbocycles. The molecule has 2 aromatic carbocycles. The molecule has 0 aliphatic heterocycles. The molecule has 0 aliphatic rings. The second-order valence-electron chi connectivity index (χ2n) is 6.19. The van der Waals surface area contributed by atoms with Crippen LogP contribution in [0.5, 0.6) is 0 Å². The molecular weight excluding hydrogens is 338 g/mol.